The van der Waals surface area contributed by atoms with Gasteiger partial charge in [0.05, 0.1) is 17.4 Å². The molecule has 5 aliphatic rings. The van der Waals surface area contributed by atoms with Gasteiger partial charge in [0.2, 0.25) is 0 Å². The van der Waals surface area contributed by atoms with E-state index in [9.17, 15) is 24.6 Å². The molecule has 10 atom stereocenters. The van der Waals surface area contributed by atoms with Crippen molar-refractivity contribution in [2.24, 2.45) is 62.1 Å². The van der Waals surface area contributed by atoms with Gasteiger partial charge in [0.15, 0.2) is 0 Å². The summed E-state index contributed by atoms with van der Waals surface area (Å²) >= 11 is 0. The van der Waals surface area contributed by atoms with Gasteiger partial charge in [-0.15, -0.1) is 0 Å². The standard InChI is InChI=1S/C44H60O6/c1-27(2)29-17-23-44(22-16-28-12-10-11-13-30(28)37(46)47)25-24-42(8)31(36(29)44)14-15-33-41(7)20-19-34(50-35(45)26-39(3,4)38(48)49)40(5,6)32(41)18-21-43(33,42)9/h10-13,29,31-34,36H,1,14-15,17-21,23-26H2,2-9H3,(H,46,47)(H,48,49)/t29-,31?,32?,33?,34-,36?,41-,42+,43+,44+/m0/s1. The van der Waals surface area contributed by atoms with Crippen molar-refractivity contribution in [1.29, 1.82) is 0 Å². The zero-order valence-corrected chi connectivity index (χ0v) is 31.8. The highest BCUT2D eigenvalue weighted by Crippen LogP contribution is 2.77. The van der Waals surface area contributed by atoms with E-state index < -0.39 is 23.3 Å². The lowest BCUT2D eigenvalue weighted by Gasteiger charge is -2.72. The van der Waals surface area contributed by atoms with Gasteiger partial charge in [-0.3, -0.25) is 9.59 Å². The van der Waals surface area contributed by atoms with Crippen molar-refractivity contribution >= 4 is 17.9 Å². The third-order valence-corrected chi connectivity index (χ3v) is 16.0. The minimum absolute atomic E-state index is 0.117. The lowest BCUT2D eigenvalue weighted by molar-refractivity contribution is -0.247. The second kappa shape index (κ2) is 12.3. The Morgan fingerprint density at radius 3 is 2.24 bits per heavy atom. The number of esters is 1. The van der Waals surface area contributed by atoms with Crippen LogP contribution in [0.4, 0.5) is 0 Å². The molecule has 1 aromatic rings. The fourth-order valence-corrected chi connectivity index (χ4v) is 13.2. The molecule has 5 saturated carbocycles. The van der Waals surface area contributed by atoms with Gasteiger partial charge in [0.1, 0.15) is 6.10 Å². The Balaban J connectivity index is 1.29. The second-order valence-corrected chi connectivity index (χ2v) is 19.1. The van der Waals surface area contributed by atoms with Crippen LogP contribution in [0.15, 0.2) is 36.4 Å². The minimum Gasteiger partial charge on any atom is -0.481 e. The van der Waals surface area contributed by atoms with Crippen molar-refractivity contribution in [3.8, 4) is 11.8 Å². The van der Waals surface area contributed by atoms with E-state index in [0.717, 1.165) is 51.4 Å². The molecule has 0 bridgehead atoms. The molecule has 0 heterocycles. The molecule has 1 aromatic carbocycles. The number of rotatable bonds is 6. The Hall–Kier alpha value is -3.07. The summed E-state index contributed by atoms with van der Waals surface area (Å²) in [5.74, 6) is 7.23. The first-order chi connectivity index (χ1) is 23.2. The summed E-state index contributed by atoms with van der Waals surface area (Å²) in [4.78, 5) is 36.8. The van der Waals surface area contributed by atoms with Gasteiger partial charge < -0.3 is 14.9 Å². The van der Waals surface area contributed by atoms with Crippen molar-refractivity contribution in [2.75, 3.05) is 0 Å². The van der Waals surface area contributed by atoms with E-state index in [1.54, 1.807) is 26.0 Å². The predicted molar refractivity (Wildman–Crippen MR) is 195 cm³/mol. The third kappa shape index (κ3) is 5.47. The molecule has 0 radical (unpaired) electrons. The fraction of sp³-hybridized carbons (Fsp3) is 0.705. The predicted octanol–water partition coefficient (Wildman–Crippen LogP) is 9.81. The minimum atomic E-state index is -1.15. The quantitative estimate of drug-likeness (QED) is 0.176. The molecular weight excluding hydrogens is 624 g/mol. The molecule has 0 spiro atoms. The largest absolute Gasteiger partial charge is 0.481 e. The number of aliphatic carboxylic acids is 1. The van der Waals surface area contributed by atoms with Crippen LogP contribution in [0, 0.1) is 73.9 Å². The summed E-state index contributed by atoms with van der Waals surface area (Å²) in [6.45, 7) is 22.2. The molecule has 50 heavy (non-hydrogen) atoms. The number of carboxylic acids is 2. The molecule has 0 aliphatic heterocycles. The van der Waals surface area contributed by atoms with Crippen molar-refractivity contribution in [3.63, 3.8) is 0 Å². The topological polar surface area (TPSA) is 101 Å². The SMILES string of the molecule is C=C(C)[C@@H]1CC[C@]2(C#Cc3ccccc3C(=O)O)CC[C@]3(C)C(CCC4[C@@]5(C)CC[C@H](OC(=O)CC(C)(C)C(=O)O)C(C)(C)C5CC[C@]43C)C12. The van der Waals surface area contributed by atoms with Crippen molar-refractivity contribution in [2.45, 2.75) is 132 Å². The van der Waals surface area contributed by atoms with Crippen LogP contribution < -0.4 is 0 Å². The lowest BCUT2D eigenvalue weighted by Crippen LogP contribution is -2.66. The summed E-state index contributed by atoms with van der Waals surface area (Å²) in [7, 11) is 0. The smallest absolute Gasteiger partial charge is 0.336 e. The highest BCUT2D eigenvalue weighted by Gasteiger charge is 2.71. The van der Waals surface area contributed by atoms with Crippen LogP contribution in [0.1, 0.15) is 142 Å². The summed E-state index contributed by atoms with van der Waals surface area (Å²) in [6, 6.07) is 7.15. The average Bonchev–Trinajstić information content (AvgIpc) is 3.42. The van der Waals surface area contributed by atoms with E-state index in [0.29, 0.717) is 35.2 Å². The first-order valence-electron chi connectivity index (χ1n) is 19.2. The van der Waals surface area contributed by atoms with Crippen LogP contribution in [0.3, 0.4) is 0 Å². The number of carbonyl (C=O) groups is 3. The molecule has 0 aromatic heterocycles. The first-order valence-corrected chi connectivity index (χ1v) is 19.2. The number of benzene rings is 1. The maximum atomic E-state index is 13.1. The van der Waals surface area contributed by atoms with Crippen LogP contribution in [-0.4, -0.2) is 34.2 Å². The fourth-order valence-electron chi connectivity index (χ4n) is 13.2. The van der Waals surface area contributed by atoms with Crippen LogP contribution in [0.5, 0.6) is 0 Å². The second-order valence-electron chi connectivity index (χ2n) is 19.1. The Kier molecular flexibility index (Phi) is 9.01. The lowest BCUT2D eigenvalue weighted by atomic mass is 9.32. The van der Waals surface area contributed by atoms with Crippen LogP contribution in [0.25, 0.3) is 0 Å². The van der Waals surface area contributed by atoms with E-state index in [1.807, 2.05) is 12.1 Å². The van der Waals surface area contributed by atoms with E-state index in [4.69, 9.17) is 4.74 Å². The van der Waals surface area contributed by atoms with Crippen molar-refractivity contribution < 1.29 is 29.3 Å². The Bertz CT molecular complexity index is 1640. The number of allylic oxidation sites excluding steroid dienone is 1. The summed E-state index contributed by atoms with van der Waals surface area (Å²) in [5, 5.41) is 19.5. The Morgan fingerprint density at radius 1 is 0.880 bits per heavy atom. The number of hydrogen-bond donors (Lipinski definition) is 2. The zero-order chi connectivity index (χ0) is 36.7. The number of carboxylic acid groups (broad SMARTS) is 2. The third-order valence-electron chi connectivity index (χ3n) is 16.0. The number of hydrogen-bond acceptors (Lipinski definition) is 4. The highest BCUT2D eigenvalue weighted by molar-refractivity contribution is 5.90. The van der Waals surface area contributed by atoms with Gasteiger partial charge >= 0.3 is 17.9 Å². The molecule has 5 fully saturated rings. The molecule has 0 amide bonds. The first kappa shape index (κ1) is 36.7. The molecule has 6 nitrogen and oxygen atoms in total. The normalized spacial score (nSPS) is 40.1. The van der Waals surface area contributed by atoms with E-state index in [1.165, 1.54) is 18.4 Å². The van der Waals surface area contributed by atoms with Gasteiger partial charge in [0.25, 0.3) is 0 Å². The van der Waals surface area contributed by atoms with Crippen LogP contribution in [-0.2, 0) is 14.3 Å². The number of fused-ring (bicyclic) bond motifs is 7. The maximum Gasteiger partial charge on any atom is 0.336 e. The molecule has 5 aliphatic carbocycles. The van der Waals surface area contributed by atoms with Gasteiger partial charge in [-0.25, -0.2) is 4.79 Å². The molecule has 4 unspecified atom stereocenters. The van der Waals surface area contributed by atoms with Crippen LogP contribution in [0.2, 0.25) is 0 Å². The monoisotopic (exact) mass is 684 g/mol. The van der Waals surface area contributed by atoms with Gasteiger partial charge in [-0.1, -0.05) is 70.7 Å². The summed E-state index contributed by atoms with van der Waals surface area (Å²) in [6.07, 6.45) is 10.4. The molecule has 0 saturated heterocycles. The molecule has 272 valence electrons. The van der Waals surface area contributed by atoms with Gasteiger partial charge in [-0.2, -0.15) is 0 Å². The number of carbonyl (C=O) groups excluding carboxylic acids is 1. The van der Waals surface area contributed by atoms with E-state index in [2.05, 4.69) is 60.0 Å². The number of aromatic carboxylic acids is 1. The average molecular weight is 685 g/mol. The van der Waals surface area contributed by atoms with Gasteiger partial charge in [0, 0.05) is 16.4 Å². The number of ether oxygens (including phenoxy) is 1. The van der Waals surface area contributed by atoms with Crippen LogP contribution >= 0.6 is 0 Å². The van der Waals surface area contributed by atoms with Gasteiger partial charge in [-0.05, 0) is 143 Å². The maximum absolute atomic E-state index is 13.1. The van der Waals surface area contributed by atoms with E-state index >= 15 is 0 Å². The molecule has 2 N–H and O–H groups in total. The van der Waals surface area contributed by atoms with Crippen molar-refractivity contribution in [1.82, 2.24) is 0 Å². The van der Waals surface area contributed by atoms with Crippen molar-refractivity contribution in [3.05, 3.63) is 47.5 Å². The Labute approximate surface area is 300 Å². The van der Waals surface area contributed by atoms with E-state index in [-0.39, 0.29) is 45.2 Å². The summed E-state index contributed by atoms with van der Waals surface area (Å²) < 4.78 is 6.17. The zero-order valence-electron chi connectivity index (χ0n) is 31.8. The summed E-state index contributed by atoms with van der Waals surface area (Å²) in [5.41, 5.74) is 1.06. The Morgan fingerprint density at radius 2 is 1.58 bits per heavy atom. The highest BCUT2D eigenvalue weighted by atomic mass is 16.5. The molecule has 6 rings (SSSR count). The molecule has 6 heteroatoms. The molecular formula is C44H60O6.